The highest BCUT2D eigenvalue weighted by Crippen LogP contribution is 2.21. The molecule has 1 aliphatic heterocycles. The van der Waals surface area contributed by atoms with Gasteiger partial charge in [0.05, 0.1) is 11.4 Å². The molecule has 1 fully saturated rings. The van der Waals surface area contributed by atoms with Crippen LogP contribution in [-0.2, 0) is 13.0 Å². The highest BCUT2D eigenvalue weighted by atomic mass is 19.1. The molecule has 0 spiro atoms. The van der Waals surface area contributed by atoms with Gasteiger partial charge < -0.3 is 5.32 Å². The summed E-state index contributed by atoms with van der Waals surface area (Å²) >= 11 is 0. The number of likely N-dealkylation sites (tertiary alicyclic amines) is 1. The second-order valence-electron chi connectivity index (χ2n) is 6.81. The van der Waals surface area contributed by atoms with Gasteiger partial charge >= 0.3 is 0 Å². The van der Waals surface area contributed by atoms with Crippen molar-refractivity contribution < 1.29 is 4.39 Å². The van der Waals surface area contributed by atoms with Crippen LogP contribution in [0.25, 0.3) is 5.65 Å². The van der Waals surface area contributed by atoms with Gasteiger partial charge in [-0.05, 0) is 37.9 Å². The van der Waals surface area contributed by atoms with E-state index in [-0.39, 0.29) is 5.82 Å². The van der Waals surface area contributed by atoms with Crippen molar-refractivity contribution in [1.82, 2.24) is 24.7 Å². The summed E-state index contributed by atoms with van der Waals surface area (Å²) in [5.41, 5.74) is 3.46. The summed E-state index contributed by atoms with van der Waals surface area (Å²) in [6.07, 6.45) is 4.65. The smallest absolute Gasteiger partial charge is 0.200 e. The molecule has 0 bridgehead atoms. The zero-order chi connectivity index (χ0) is 17.9. The van der Waals surface area contributed by atoms with Crippen LogP contribution >= 0.6 is 0 Å². The lowest BCUT2D eigenvalue weighted by molar-refractivity contribution is 0.206. The van der Waals surface area contributed by atoms with E-state index in [1.807, 2.05) is 12.1 Å². The lowest BCUT2D eigenvalue weighted by atomic mass is 10.0. The molecule has 1 N–H and O–H groups in total. The summed E-state index contributed by atoms with van der Waals surface area (Å²) in [5.74, 6) is -0.130. The molecule has 26 heavy (non-hydrogen) atoms. The van der Waals surface area contributed by atoms with Gasteiger partial charge in [0.1, 0.15) is 12.1 Å². The molecule has 3 aromatic rings. The summed E-state index contributed by atoms with van der Waals surface area (Å²) in [7, 11) is 0. The standard InChI is InChI=1S/C19H23FN6/c1-2-15-10-18(19-23-21-13-26(19)24-15)22-16-7-5-9-25(12-16)11-14-6-3-4-8-17(14)20/h3-4,6,8,10,13,16,22H,2,5,7,9,11-12H2,1H3. The van der Waals surface area contributed by atoms with Crippen molar-refractivity contribution in [3.05, 3.63) is 53.7 Å². The van der Waals surface area contributed by atoms with Gasteiger partial charge in [0.2, 0.25) is 5.65 Å². The number of fused-ring (bicyclic) bond motifs is 1. The van der Waals surface area contributed by atoms with E-state index in [4.69, 9.17) is 0 Å². The van der Waals surface area contributed by atoms with E-state index in [0.717, 1.165) is 54.9 Å². The maximum Gasteiger partial charge on any atom is 0.200 e. The molecule has 0 saturated carbocycles. The van der Waals surface area contributed by atoms with Gasteiger partial charge in [-0.25, -0.2) is 4.39 Å². The molecular weight excluding hydrogens is 331 g/mol. The topological polar surface area (TPSA) is 58.3 Å². The molecule has 2 aromatic heterocycles. The Morgan fingerprint density at radius 2 is 2.19 bits per heavy atom. The number of piperidine rings is 1. The molecule has 7 heteroatoms. The van der Waals surface area contributed by atoms with Crippen LogP contribution in [0.15, 0.2) is 36.7 Å². The first-order chi connectivity index (χ1) is 12.7. The number of hydrogen-bond acceptors (Lipinski definition) is 5. The Labute approximate surface area is 152 Å². The second-order valence-corrected chi connectivity index (χ2v) is 6.81. The van der Waals surface area contributed by atoms with Gasteiger partial charge in [-0.2, -0.15) is 9.61 Å². The molecule has 1 atom stereocenters. The molecule has 1 aliphatic rings. The molecule has 1 saturated heterocycles. The Morgan fingerprint density at radius 1 is 1.31 bits per heavy atom. The monoisotopic (exact) mass is 354 g/mol. The number of aromatic nitrogens is 4. The Bertz CT molecular complexity index is 893. The Hall–Kier alpha value is -2.54. The summed E-state index contributed by atoms with van der Waals surface area (Å²) in [5, 5.41) is 16.3. The van der Waals surface area contributed by atoms with Gasteiger partial charge in [-0.15, -0.1) is 10.2 Å². The van der Waals surface area contributed by atoms with E-state index in [1.165, 1.54) is 6.07 Å². The molecule has 1 unspecified atom stereocenters. The predicted molar refractivity (Wildman–Crippen MR) is 98.5 cm³/mol. The number of anilines is 1. The Balaban J connectivity index is 1.49. The fourth-order valence-electron chi connectivity index (χ4n) is 3.56. The normalized spacial score (nSPS) is 18.3. The van der Waals surface area contributed by atoms with Gasteiger partial charge in [0.15, 0.2) is 0 Å². The van der Waals surface area contributed by atoms with Crippen LogP contribution in [0.2, 0.25) is 0 Å². The predicted octanol–water partition coefficient (Wildman–Crippen LogP) is 2.90. The van der Waals surface area contributed by atoms with Crippen molar-refractivity contribution in [1.29, 1.82) is 0 Å². The molecule has 0 radical (unpaired) electrons. The lowest BCUT2D eigenvalue weighted by Gasteiger charge is -2.33. The van der Waals surface area contributed by atoms with Crippen LogP contribution in [0.4, 0.5) is 10.1 Å². The summed E-state index contributed by atoms with van der Waals surface area (Å²) < 4.78 is 15.7. The largest absolute Gasteiger partial charge is 0.378 e. The lowest BCUT2D eigenvalue weighted by Crippen LogP contribution is -2.41. The van der Waals surface area contributed by atoms with Crippen LogP contribution in [0.1, 0.15) is 31.0 Å². The average Bonchev–Trinajstić information content (AvgIpc) is 3.13. The van der Waals surface area contributed by atoms with Crippen molar-refractivity contribution in [3.8, 4) is 0 Å². The molecule has 3 heterocycles. The number of rotatable bonds is 5. The van der Waals surface area contributed by atoms with Crippen LogP contribution in [0, 0.1) is 5.82 Å². The zero-order valence-corrected chi connectivity index (χ0v) is 14.9. The summed E-state index contributed by atoms with van der Waals surface area (Å²) in [4.78, 5) is 2.31. The number of aryl methyl sites for hydroxylation is 1. The highest BCUT2D eigenvalue weighted by Gasteiger charge is 2.22. The quantitative estimate of drug-likeness (QED) is 0.763. The van der Waals surface area contributed by atoms with Crippen molar-refractivity contribution in [2.45, 2.75) is 38.8 Å². The van der Waals surface area contributed by atoms with E-state index in [9.17, 15) is 4.39 Å². The maximum atomic E-state index is 13.9. The third kappa shape index (κ3) is 3.53. The minimum atomic E-state index is -0.130. The molecule has 1 aromatic carbocycles. The first kappa shape index (κ1) is 16.9. The Kier molecular flexibility index (Phi) is 4.79. The summed E-state index contributed by atoms with van der Waals surface area (Å²) in [6.45, 7) is 4.59. The maximum absolute atomic E-state index is 13.9. The number of hydrogen-bond donors (Lipinski definition) is 1. The van der Waals surface area contributed by atoms with Crippen LogP contribution < -0.4 is 5.32 Å². The van der Waals surface area contributed by atoms with E-state index in [2.05, 4.69) is 38.5 Å². The van der Waals surface area contributed by atoms with E-state index in [0.29, 0.717) is 12.6 Å². The number of halogens is 1. The average molecular weight is 354 g/mol. The first-order valence-corrected chi connectivity index (χ1v) is 9.15. The summed E-state index contributed by atoms with van der Waals surface area (Å²) in [6, 6.07) is 9.37. The zero-order valence-electron chi connectivity index (χ0n) is 14.9. The van der Waals surface area contributed by atoms with Crippen molar-refractivity contribution >= 4 is 11.3 Å². The Morgan fingerprint density at radius 3 is 3.04 bits per heavy atom. The minimum Gasteiger partial charge on any atom is -0.378 e. The molecule has 4 rings (SSSR count). The molecule has 6 nitrogen and oxygen atoms in total. The number of nitrogens with one attached hydrogen (secondary N) is 1. The SMILES string of the molecule is CCc1cc(NC2CCCN(Cc3ccccc3F)C2)c2nncn2n1. The van der Waals surface area contributed by atoms with Crippen molar-refractivity contribution in [2.75, 3.05) is 18.4 Å². The van der Waals surface area contributed by atoms with Crippen LogP contribution in [0.5, 0.6) is 0 Å². The van der Waals surface area contributed by atoms with E-state index in [1.54, 1.807) is 16.9 Å². The van der Waals surface area contributed by atoms with E-state index < -0.39 is 0 Å². The number of nitrogens with zero attached hydrogens (tertiary/aromatic N) is 5. The minimum absolute atomic E-state index is 0.130. The molecular formula is C19H23FN6. The van der Waals surface area contributed by atoms with Gasteiger partial charge in [0, 0.05) is 24.7 Å². The van der Waals surface area contributed by atoms with Gasteiger partial charge in [0.25, 0.3) is 0 Å². The fourth-order valence-corrected chi connectivity index (χ4v) is 3.56. The van der Waals surface area contributed by atoms with E-state index >= 15 is 0 Å². The molecule has 0 aliphatic carbocycles. The van der Waals surface area contributed by atoms with Gasteiger partial charge in [-0.3, -0.25) is 4.90 Å². The second kappa shape index (κ2) is 7.37. The van der Waals surface area contributed by atoms with Crippen molar-refractivity contribution in [2.24, 2.45) is 0 Å². The molecule has 0 amide bonds. The molecule has 136 valence electrons. The first-order valence-electron chi connectivity index (χ1n) is 9.15. The number of benzene rings is 1. The van der Waals surface area contributed by atoms with Crippen LogP contribution in [-0.4, -0.2) is 43.8 Å². The third-order valence-corrected chi connectivity index (χ3v) is 4.90. The van der Waals surface area contributed by atoms with Gasteiger partial charge in [-0.1, -0.05) is 25.1 Å². The van der Waals surface area contributed by atoms with Crippen LogP contribution in [0.3, 0.4) is 0 Å². The third-order valence-electron chi connectivity index (χ3n) is 4.90. The van der Waals surface area contributed by atoms with Crippen molar-refractivity contribution in [3.63, 3.8) is 0 Å². The highest BCUT2D eigenvalue weighted by molar-refractivity contribution is 5.67. The fraction of sp³-hybridized carbons (Fsp3) is 0.421.